The molecule has 21 heavy (non-hydrogen) atoms. The van der Waals surface area contributed by atoms with Gasteiger partial charge in [-0.2, -0.15) is 0 Å². The van der Waals surface area contributed by atoms with Crippen molar-refractivity contribution in [3.63, 3.8) is 0 Å². The average molecular weight is 304 g/mol. The molecule has 2 aliphatic rings. The highest BCUT2D eigenvalue weighted by Crippen LogP contribution is 2.26. The van der Waals surface area contributed by atoms with Gasteiger partial charge in [0.05, 0.1) is 6.67 Å². The van der Waals surface area contributed by atoms with Crippen molar-refractivity contribution in [2.24, 2.45) is 0 Å². The van der Waals surface area contributed by atoms with Gasteiger partial charge in [0.2, 0.25) is 0 Å². The van der Waals surface area contributed by atoms with Crippen LogP contribution in [0.4, 0.5) is 4.79 Å². The van der Waals surface area contributed by atoms with Gasteiger partial charge in [0.25, 0.3) is 0 Å². The predicted molar refractivity (Wildman–Crippen MR) is 84.8 cm³/mol. The fraction of sp³-hybridized carbons (Fsp3) is 0.400. The summed E-state index contributed by atoms with van der Waals surface area (Å²) >= 11 is 1.83. The van der Waals surface area contributed by atoms with Crippen LogP contribution in [0.15, 0.2) is 41.1 Å². The van der Waals surface area contributed by atoms with Crippen LogP contribution in [0.3, 0.4) is 0 Å². The van der Waals surface area contributed by atoms with E-state index < -0.39 is 0 Å². The molecular weight excluding hydrogens is 284 g/mol. The maximum atomic E-state index is 12.3. The molecule has 3 rings (SSSR count). The first-order chi connectivity index (χ1) is 10.3. The van der Waals surface area contributed by atoms with E-state index in [0.29, 0.717) is 13.1 Å². The van der Waals surface area contributed by atoms with E-state index in [4.69, 9.17) is 0 Å². The van der Waals surface area contributed by atoms with Gasteiger partial charge in [0, 0.05) is 48.6 Å². The van der Waals surface area contributed by atoms with Crippen molar-refractivity contribution >= 4 is 17.8 Å². The normalized spacial score (nSPS) is 17.1. The van der Waals surface area contributed by atoms with E-state index in [2.05, 4.69) is 34.1 Å². The number of rotatable bonds is 3. The van der Waals surface area contributed by atoms with Crippen LogP contribution in [-0.2, 0) is 6.54 Å². The molecule has 0 saturated heterocycles. The molecule has 2 heterocycles. The smallest absolute Gasteiger partial charge is 0.317 e. The maximum absolute atomic E-state index is 12.3. The Morgan fingerprint density at radius 1 is 1.38 bits per heavy atom. The number of hydrogen-bond donors (Lipinski definition) is 3. The van der Waals surface area contributed by atoms with Crippen molar-refractivity contribution in [3.8, 4) is 0 Å². The maximum Gasteiger partial charge on any atom is 0.317 e. The first kappa shape index (κ1) is 14.1. The number of benzene rings is 1. The van der Waals surface area contributed by atoms with Crippen molar-refractivity contribution < 1.29 is 4.79 Å². The van der Waals surface area contributed by atoms with Crippen LogP contribution in [0.5, 0.6) is 0 Å². The summed E-state index contributed by atoms with van der Waals surface area (Å²) in [5.41, 5.74) is 2.38. The minimum Gasteiger partial charge on any atom is -0.372 e. The number of amides is 2. The lowest BCUT2D eigenvalue weighted by Crippen LogP contribution is -2.40. The number of fused-ring (bicyclic) bond motifs is 1. The Balaban J connectivity index is 1.52. The zero-order chi connectivity index (χ0) is 14.5. The summed E-state index contributed by atoms with van der Waals surface area (Å²) in [4.78, 5) is 15.5. The SMILES string of the molecule is O=C(NCCC1=CNCN1)N1CCSc2ccccc2C1. The van der Waals surface area contributed by atoms with Crippen molar-refractivity contribution in [1.29, 1.82) is 0 Å². The van der Waals surface area contributed by atoms with Crippen molar-refractivity contribution in [2.75, 3.05) is 25.5 Å². The summed E-state index contributed by atoms with van der Waals surface area (Å²) in [5.74, 6) is 0.945. The minimum absolute atomic E-state index is 0.0267. The summed E-state index contributed by atoms with van der Waals surface area (Å²) in [6.45, 7) is 2.92. The monoisotopic (exact) mass is 304 g/mol. The van der Waals surface area contributed by atoms with Gasteiger partial charge >= 0.3 is 6.03 Å². The largest absolute Gasteiger partial charge is 0.372 e. The molecule has 112 valence electrons. The zero-order valence-electron chi connectivity index (χ0n) is 11.9. The molecule has 0 unspecified atom stereocenters. The van der Waals surface area contributed by atoms with Gasteiger partial charge < -0.3 is 20.9 Å². The molecule has 2 aliphatic heterocycles. The number of thioether (sulfide) groups is 1. The Hall–Kier alpha value is -1.82. The minimum atomic E-state index is 0.0267. The second-order valence-electron chi connectivity index (χ2n) is 5.09. The lowest BCUT2D eigenvalue weighted by Gasteiger charge is -2.21. The highest BCUT2D eigenvalue weighted by molar-refractivity contribution is 7.99. The Morgan fingerprint density at radius 2 is 2.29 bits per heavy atom. The Labute approximate surface area is 129 Å². The van der Waals surface area contributed by atoms with Gasteiger partial charge in [-0.05, 0) is 11.6 Å². The molecule has 0 fully saturated rings. The molecule has 0 aliphatic carbocycles. The van der Waals surface area contributed by atoms with E-state index in [-0.39, 0.29) is 6.03 Å². The van der Waals surface area contributed by atoms with Crippen LogP contribution < -0.4 is 16.0 Å². The molecular formula is C15H20N4OS. The molecule has 0 saturated carbocycles. The number of nitrogens with one attached hydrogen (secondary N) is 3. The van der Waals surface area contributed by atoms with E-state index >= 15 is 0 Å². The molecule has 1 aromatic carbocycles. The molecule has 1 aromatic rings. The number of urea groups is 1. The summed E-state index contributed by atoms with van der Waals surface area (Å²) in [5, 5.41) is 9.32. The third-order valence-electron chi connectivity index (χ3n) is 3.60. The first-order valence-corrected chi connectivity index (χ1v) is 8.21. The molecule has 0 aromatic heterocycles. The summed E-state index contributed by atoms with van der Waals surface area (Å²) < 4.78 is 0. The summed E-state index contributed by atoms with van der Waals surface area (Å²) in [6, 6.07) is 8.35. The summed E-state index contributed by atoms with van der Waals surface area (Å²) in [7, 11) is 0. The van der Waals surface area contributed by atoms with Gasteiger partial charge in [-0.25, -0.2) is 4.79 Å². The van der Waals surface area contributed by atoms with E-state index in [1.807, 2.05) is 28.9 Å². The van der Waals surface area contributed by atoms with Crippen molar-refractivity contribution in [3.05, 3.63) is 41.7 Å². The first-order valence-electron chi connectivity index (χ1n) is 7.23. The van der Waals surface area contributed by atoms with Crippen LogP contribution in [0.25, 0.3) is 0 Å². The molecule has 6 heteroatoms. The van der Waals surface area contributed by atoms with Gasteiger partial charge in [-0.3, -0.25) is 0 Å². The fourth-order valence-electron chi connectivity index (χ4n) is 2.47. The van der Waals surface area contributed by atoms with E-state index in [1.54, 1.807) is 0 Å². The van der Waals surface area contributed by atoms with Crippen LogP contribution in [-0.4, -0.2) is 36.4 Å². The molecule has 5 nitrogen and oxygen atoms in total. The van der Waals surface area contributed by atoms with E-state index in [1.165, 1.54) is 10.5 Å². The van der Waals surface area contributed by atoms with E-state index in [0.717, 1.165) is 31.1 Å². The second-order valence-corrected chi connectivity index (χ2v) is 6.22. The van der Waals surface area contributed by atoms with Crippen LogP contribution in [0.1, 0.15) is 12.0 Å². The lowest BCUT2D eigenvalue weighted by molar-refractivity contribution is 0.199. The molecule has 0 bridgehead atoms. The standard InChI is InChI=1S/C15H20N4OS/c20-15(17-6-5-13-9-16-11-18-13)19-7-8-21-14-4-2-1-3-12(14)10-19/h1-4,9,16,18H,5-8,10-11H2,(H,17,20). The highest BCUT2D eigenvalue weighted by atomic mass is 32.2. The average Bonchev–Trinajstić information content (AvgIpc) is 2.91. The van der Waals surface area contributed by atoms with Crippen molar-refractivity contribution in [1.82, 2.24) is 20.9 Å². The Morgan fingerprint density at radius 3 is 3.14 bits per heavy atom. The van der Waals surface area contributed by atoms with Gasteiger partial charge in [-0.15, -0.1) is 11.8 Å². The van der Waals surface area contributed by atoms with Gasteiger partial charge in [-0.1, -0.05) is 18.2 Å². The Kier molecular flexibility index (Phi) is 4.55. The van der Waals surface area contributed by atoms with Crippen LogP contribution >= 0.6 is 11.8 Å². The molecule has 0 radical (unpaired) electrons. The zero-order valence-corrected chi connectivity index (χ0v) is 12.7. The molecule has 0 atom stereocenters. The quantitative estimate of drug-likeness (QED) is 0.795. The predicted octanol–water partition coefficient (Wildman–Crippen LogP) is 1.69. The van der Waals surface area contributed by atoms with Gasteiger partial charge in [0.15, 0.2) is 0 Å². The number of carbonyl (C=O) groups excluding carboxylic acids is 1. The van der Waals surface area contributed by atoms with Crippen LogP contribution in [0, 0.1) is 0 Å². The lowest BCUT2D eigenvalue weighted by atomic mass is 10.2. The molecule has 3 N–H and O–H groups in total. The fourth-order valence-corrected chi connectivity index (χ4v) is 3.49. The van der Waals surface area contributed by atoms with Gasteiger partial charge in [0.1, 0.15) is 0 Å². The topological polar surface area (TPSA) is 56.4 Å². The van der Waals surface area contributed by atoms with Crippen molar-refractivity contribution in [2.45, 2.75) is 17.9 Å². The molecule has 2 amide bonds. The molecule has 0 spiro atoms. The van der Waals surface area contributed by atoms with Crippen LogP contribution in [0.2, 0.25) is 0 Å². The third-order valence-corrected chi connectivity index (χ3v) is 4.70. The number of carbonyl (C=O) groups is 1. The number of nitrogens with zero attached hydrogens (tertiary/aromatic N) is 1. The third kappa shape index (κ3) is 3.64. The van der Waals surface area contributed by atoms with E-state index in [9.17, 15) is 4.79 Å². The number of hydrogen-bond acceptors (Lipinski definition) is 4. The Bertz CT molecular complexity index is 546. The summed E-state index contributed by atoms with van der Waals surface area (Å²) in [6.07, 6.45) is 2.79. The highest BCUT2D eigenvalue weighted by Gasteiger charge is 2.18. The second kappa shape index (κ2) is 6.76.